The van der Waals surface area contributed by atoms with Gasteiger partial charge in [0.2, 0.25) is 0 Å². The van der Waals surface area contributed by atoms with Gasteiger partial charge in [-0.2, -0.15) is 5.10 Å². The van der Waals surface area contributed by atoms with Crippen LogP contribution in [0.25, 0.3) is 0 Å². The summed E-state index contributed by atoms with van der Waals surface area (Å²) >= 11 is 0. The lowest BCUT2D eigenvalue weighted by Crippen LogP contribution is -2.33. The van der Waals surface area contributed by atoms with Gasteiger partial charge in [0.15, 0.2) is 0 Å². The number of nitrogens with zero attached hydrogens (tertiary/aromatic N) is 5. The molecule has 3 aromatic heterocycles. The van der Waals surface area contributed by atoms with E-state index in [1.54, 1.807) is 35.5 Å². The zero-order chi connectivity index (χ0) is 16.4. The van der Waals surface area contributed by atoms with Crippen LogP contribution in [-0.2, 0) is 26.2 Å². The molecule has 0 spiro atoms. The van der Waals surface area contributed by atoms with Gasteiger partial charge in [-0.05, 0) is 12.1 Å². The van der Waals surface area contributed by atoms with Gasteiger partial charge in [-0.15, -0.1) is 0 Å². The zero-order valence-electron chi connectivity index (χ0n) is 13.3. The molecular formula is C17H19N5O2. The third kappa shape index (κ3) is 3.16. The average molecular weight is 325 g/mol. The largest absolute Gasteiger partial charge is 0.472 e. The van der Waals surface area contributed by atoms with E-state index in [9.17, 15) is 4.79 Å². The lowest BCUT2D eigenvalue weighted by Gasteiger charge is -2.23. The fourth-order valence-corrected chi connectivity index (χ4v) is 3.27. The summed E-state index contributed by atoms with van der Waals surface area (Å²) in [5, 5.41) is 4.19. The fourth-order valence-electron chi connectivity index (χ4n) is 3.27. The molecule has 1 atom stereocenters. The maximum Gasteiger partial charge on any atom is 0.266 e. The zero-order valence-corrected chi connectivity index (χ0v) is 13.3. The van der Waals surface area contributed by atoms with Crippen molar-refractivity contribution in [2.24, 2.45) is 5.92 Å². The SMILES string of the molecule is O=c1cccnn1C[C@@H]1CN(Cc2ccoc2)Cc2nccn2C1. The maximum atomic E-state index is 12.0. The molecule has 0 aromatic carbocycles. The van der Waals surface area contributed by atoms with Gasteiger partial charge in [-0.1, -0.05) is 0 Å². The molecule has 3 aromatic rings. The monoisotopic (exact) mass is 325 g/mol. The lowest BCUT2D eigenvalue weighted by molar-refractivity contribution is 0.203. The molecule has 7 nitrogen and oxygen atoms in total. The molecule has 4 rings (SSSR count). The second-order valence-electron chi connectivity index (χ2n) is 6.21. The van der Waals surface area contributed by atoms with Crippen LogP contribution in [0.4, 0.5) is 0 Å². The van der Waals surface area contributed by atoms with E-state index < -0.39 is 0 Å². The summed E-state index contributed by atoms with van der Waals surface area (Å²) in [4.78, 5) is 18.8. The molecule has 0 fully saturated rings. The molecule has 1 aliphatic rings. The van der Waals surface area contributed by atoms with Crippen LogP contribution in [0.5, 0.6) is 0 Å². The Morgan fingerprint density at radius 3 is 3.04 bits per heavy atom. The van der Waals surface area contributed by atoms with E-state index in [-0.39, 0.29) is 11.5 Å². The molecule has 0 saturated carbocycles. The number of aromatic nitrogens is 4. The quantitative estimate of drug-likeness (QED) is 0.724. The Bertz CT molecular complexity index is 852. The van der Waals surface area contributed by atoms with Crippen LogP contribution < -0.4 is 5.56 Å². The minimum absolute atomic E-state index is 0.0611. The summed E-state index contributed by atoms with van der Waals surface area (Å²) in [6.45, 7) is 3.89. The Hall–Kier alpha value is -2.67. The van der Waals surface area contributed by atoms with Gasteiger partial charge >= 0.3 is 0 Å². The third-order valence-electron chi connectivity index (χ3n) is 4.34. The highest BCUT2D eigenvalue weighted by atomic mass is 16.3. The number of hydrogen-bond donors (Lipinski definition) is 0. The van der Waals surface area contributed by atoms with Crippen molar-refractivity contribution in [2.45, 2.75) is 26.2 Å². The van der Waals surface area contributed by atoms with Gasteiger partial charge in [0.1, 0.15) is 5.82 Å². The Morgan fingerprint density at radius 2 is 2.21 bits per heavy atom. The van der Waals surface area contributed by atoms with Crippen molar-refractivity contribution in [3.8, 4) is 0 Å². The van der Waals surface area contributed by atoms with Crippen LogP contribution >= 0.6 is 0 Å². The highest BCUT2D eigenvalue weighted by Gasteiger charge is 2.23. The third-order valence-corrected chi connectivity index (χ3v) is 4.34. The molecule has 0 N–H and O–H groups in total. The molecule has 0 bridgehead atoms. The molecule has 0 aliphatic carbocycles. The smallest absolute Gasteiger partial charge is 0.266 e. The molecule has 1 aliphatic heterocycles. The number of hydrogen-bond acceptors (Lipinski definition) is 5. The standard InChI is InChI=1S/C17H19N5O2/c23-17-2-1-4-19-22(17)11-15-9-20(8-14-3-7-24-13-14)12-16-18-5-6-21(16)10-15/h1-7,13,15H,8-12H2/t15-/m1/s1. The summed E-state index contributed by atoms with van der Waals surface area (Å²) < 4.78 is 8.90. The first-order chi connectivity index (χ1) is 11.8. The Kier molecular flexibility index (Phi) is 4.00. The summed E-state index contributed by atoms with van der Waals surface area (Å²) in [7, 11) is 0. The second kappa shape index (κ2) is 6.45. The maximum absolute atomic E-state index is 12.0. The molecule has 7 heteroatoms. The van der Waals surface area contributed by atoms with Crippen LogP contribution in [0.15, 0.2) is 58.5 Å². The van der Waals surface area contributed by atoms with Crippen molar-refractivity contribution in [3.05, 3.63) is 71.1 Å². The molecule has 0 amide bonds. The van der Waals surface area contributed by atoms with Crippen LogP contribution in [-0.4, -0.2) is 30.8 Å². The van der Waals surface area contributed by atoms with Crippen molar-refractivity contribution >= 4 is 0 Å². The van der Waals surface area contributed by atoms with Crippen LogP contribution in [0.3, 0.4) is 0 Å². The van der Waals surface area contributed by atoms with Crippen LogP contribution in [0.2, 0.25) is 0 Å². The summed E-state index contributed by atoms with van der Waals surface area (Å²) in [5.74, 6) is 1.33. The predicted molar refractivity (Wildman–Crippen MR) is 87.0 cm³/mol. The van der Waals surface area contributed by atoms with Crippen molar-refractivity contribution in [3.63, 3.8) is 0 Å². The van der Waals surface area contributed by atoms with E-state index in [4.69, 9.17) is 4.42 Å². The normalized spacial score (nSPS) is 18.2. The van der Waals surface area contributed by atoms with Crippen LogP contribution in [0, 0.1) is 5.92 Å². The molecular weight excluding hydrogens is 306 g/mol. The molecule has 4 heterocycles. The average Bonchev–Trinajstić information content (AvgIpc) is 3.19. The van der Waals surface area contributed by atoms with Gasteiger partial charge < -0.3 is 8.98 Å². The van der Waals surface area contributed by atoms with E-state index in [1.807, 2.05) is 18.5 Å². The highest BCUT2D eigenvalue weighted by molar-refractivity contribution is 5.06. The summed E-state index contributed by atoms with van der Waals surface area (Å²) in [6, 6.07) is 5.20. The first kappa shape index (κ1) is 14.9. The van der Waals surface area contributed by atoms with E-state index >= 15 is 0 Å². The minimum atomic E-state index is -0.0611. The number of imidazole rings is 1. The Balaban J connectivity index is 1.57. The fraction of sp³-hybridized carbons (Fsp3) is 0.353. The lowest BCUT2D eigenvalue weighted by atomic mass is 10.1. The highest BCUT2D eigenvalue weighted by Crippen LogP contribution is 2.18. The van der Waals surface area contributed by atoms with Crippen LogP contribution in [0.1, 0.15) is 11.4 Å². The van der Waals surface area contributed by atoms with E-state index in [2.05, 4.69) is 19.5 Å². The Labute approximate surface area is 139 Å². The number of furan rings is 1. The van der Waals surface area contributed by atoms with E-state index in [0.717, 1.165) is 37.6 Å². The summed E-state index contributed by atoms with van der Waals surface area (Å²) in [5.41, 5.74) is 1.08. The van der Waals surface area contributed by atoms with Gasteiger partial charge in [0.05, 0.1) is 25.6 Å². The molecule has 0 unspecified atom stereocenters. The second-order valence-corrected chi connectivity index (χ2v) is 6.21. The first-order valence-corrected chi connectivity index (χ1v) is 8.03. The molecule has 24 heavy (non-hydrogen) atoms. The first-order valence-electron chi connectivity index (χ1n) is 8.03. The summed E-state index contributed by atoms with van der Waals surface area (Å²) in [6.07, 6.45) is 8.96. The topological polar surface area (TPSA) is 69.1 Å². The predicted octanol–water partition coefficient (Wildman–Crippen LogP) is 1.36. The van der Waals surface area contributed by atoms with Gasteiger partial charge in [-0.25, -0.2) is 9.67 Å². The van der Waals surface area contributed by atoms with E-state index in [0.29, 0.717) is 6.54 Å². The van der Waals surface area contributed by atoms with Gasteiger partial charge in [-0.3, -0.25) is 9.69 Å². The van der Waals surface area contributed by atoms with Gasteiger partial charge in [0, 0.05) is 55.8 Å². The molecule has 124 valence electrons. The number of fused-ring (bicyclic) bond motifs is 1. The van der Waals surface area contributed by atoms with E-state index in [1.165, 1.54) is 0 Å². The van der Waals surface area contributed by atoms with Crippen molar-refractivity contribution in [1.29, 1.82) is 0 Å². The van der Waals surface area contributed by atoms with Crippen molar-refractivity contribution < 1.29 is 4.42 Å². The minimum Gasteiger partial charge on any atom is -0.472 e. The molecule has 0 radical (unpaired) electrons. The van der Waals surface area contributed by atoms with Crippen molar-refractivity contribution in [2.75, 3.05) is 6.54 Å². The van der Waals surface area contributed by atoms with Gasteiger partial charge in [0.25, 0.3) is 5.56 Å². The van der Waals surface area contributed by atoms with Crippen molar-refractivity contribution in [1.82, 2.24) is 24.2 Å². The number of rotatable bonds is 4. The Morgan fingerprint density at radius 1 is 1.25 bits per heavy atom. The molecule has 0 saturated heterocycles.